The van der Waals surface area contributed by atoms with Crippen LogP contribution in [0.4, 0.5) is 0 Å². The number of rotatable bonds is 9. The van der Waals surface area contributed by atoms with E-state index in [1.807, 2.05) is 18.2 Å². The predicted octanol–water partition coefficient (Wildman–Crippen LogP) is 2.77. The van der Waals surface area contributed by atoms with Crippen LogP contribution >= 0.6 is 0 Å². The van der Waals surface area contributed by atoms with Crippen LogP contribution in [0.5, 0.6) is 17.2 Å². The molecule has 162 valence electrons. The normalized spacial score (nSPS) is 17.2. The molecular formula is C22H28N2O5S. The maximum Gasteiger partial charge on any atom is 0.231 e. The molecule has 2 heterocycles. The minimum atomic E-state index is -3.31. The average Bonchev–Trinajstić information content (AvgIpc) is 3.21. The summed E-state index contributed by atoms with van der Waals surface area (Å²) in [5, 5.41) is 0. The second-order valence-corrected chi connectivity index (χ2v) is 9.56. The Balaban J connectivity index is 1.15. The predicted molar refractivity (Wildman–Crippen MR) is 114 cm³/mol. The zero-order valence-electron chi connectivity index (χ0n) is 17.0. The number of piperidine rings is 1. The monoisotopic (exact) mass is 432 g/mol. The Kier molecular flexibility index (Phi) is 6.76. The molecule has 0 atom stereocenters. The van der Waals surface area contributed by atoms with Gasteiger partial charge < -0.3 is 14.2 Å². The summed E-state index contributed by atoms with van der Waals surface area (Å²) >= 11 is 0. The summed E-state index contributed by atoms with van der Waals surface area (Å²) in [6.45, 7) is 3.26. The molecule has 8 heteroatoms. The Bertz CT molecular complexity index is 928. The summed E-state index contributed by atoms with van der Waals surface area (Å²) in [4.78, 5) is 2.37. The lowest BCUT2D eigenvalue weighted by atomic mass is 10.1. The van der Waals surface area contributed by atoms with Crippen LogP contribution in [-0.4, -0.2) is 51.6 Å². The molecule has 0 saturated carbocycles. The lowest BCUT2D eigenvalue weighted by molar-refractivity contribution is 0.173. The summed E-state index contributed by atoms with van der Waals surface area (Å²) < 4.78 is 43.9. The third kappa shape index (κ3) is 5.87. The first-order chi connectivity index (χ1) is 14.6. The Morgan fingerprint density at radius 3 is 2.60 bits per heavy atom. The van der Waals surface area contributed by atoms with E-state index in [9.17, 15) is 8.42 Å². The molecule has 0 unspecified atom stereocenters. The van der Waals surface area contributed by atoms with Gasteiger partial charge in [0.2, 0.25) is 16.8 Å². The van der Waals surface area contributed by atoms with Gasteiger partial charge in [-0.1, -0.05) is 30.3 Å². The number of ether oxygens (including phenoxy) is 3. The highest BCUT2D eigenvalue weighted by atomic mass is 32.2. The van der Waals surface area contributed by atoms with Crippen molar-refractivity contribution >= 4 is 10.0 Å². The van der Waals surface area contributed by atoms with Crippen molar-refractivity contribution in [3.8, 4) is 17.2 Å². The van der Waals surface area contributed by atoms with Crippen molar-refractivity contribution in [3.63, 3.8) is 0 Å². The van der Waals surface area contributed by atoms with E-state index in [0.29, 0.717) is 30.3 Å². The number of hydrogen-bond acceptors (Lipinski definition) is 6. The molecule has 0 spiro atoms. The van der Waals surface area contributed by atoms with Crippen molar-refractivity contribution in [1.29, 1.82) is 0 Å². The fourth-order valence-electron chi connectivity index (χ4n) is 3.77. The number of nitrogens with zero attached hydrogens (tertiary/aromatic N) is 1. The Labute approximate surface area is 178 Å². The van der Waals surface area contributed by atoms with E-state index < -0.39 is 10.0 Å². The Morgan fingerprint density at radius 2 is 1.80 bits per heavy atom. The highest BCUT2D eigenvalue weighted by Crippen LogP contribution is 2.35. The first kappa shape index (κ1) is 21.0. The second kappa shape index (κ2) is 9.68. The van der Waals surface area contributed by atoms with Crippen LogP contribution in [0.2, 0.25) is 0 Å². The maximum absolute atomic E-state index is 12.4. The van der Waals surface area contributed by atoms with Gasteiger partial charge in [0.25, 0.3) is 0 Å². The third-order valence-corrected chi connectivity index (χ3v) is 6.87. The molecular weight excluding hydrogens is 404 g/mol. The second-order valence-electron chi connectivity index (χ2n) is 7.69. The fourth-order valence-corrected chi connectivity index (χ4v) is 5.13. The summed E-state index contributed by atoms with van der Waals surface area (Å²) in [6.07, 6.45) is 2.09. The molecule has 0 amide bonds. The SMILES string of the molecule is O=S(=O)(CCCOc1ccc2c(c1)OCO2)NC1CCN(Cc2ccccc2)CC1. The van der Waals surface area contributed by atoms with E-state index in [1.54, 1.807) is 18.2 Å². The average molecular weight is 433 g/mol. The van der Waals surface area contributed by atoms with Crippen molar-refractivity contribution in [1.82, 2.24) is 9.62 Å². The van der Waals surface area contributed by atoms with Crippen molar-refractivity contribution in [3.05, 3.63) is 54.1 Å². The minimum absolute atomic E-state index is 0.0109. The van der Waals surface area contributed by atoms with Crippen LogP contribution in [0.25, 0.3) is 0 Å². The number of sulfonamides is 1. The van der Waals surface area contributed by atoms with Gasteiger partial charge in [-0.2, -0.15) is 0 Å². The zero-order valence-corrected chi connectivity index (χ0v) is 17.8. The van der Waals surface area contributed by atoms with E-state index in [2.05, 4.69) is 21.8 Å². The molecule has 1 fully saturated rings. The number of hydrogen-bond donors (Lipinski definition) is 1. The summed E-state index contributed by atoms with van der Waals surface area (Å²) in [6, 6.07) is 15.7. The van der Waals surface area contributed by atoms with Crippen LogP contribution in [0.3, 0.4) is 0 Å². The van der Waals surface area contributed by atoms with Crippen LogP contribution in [-0.2, 0) is 16.6 Å². The summed E-state index contributed by atoms with van der Waals surface area (Å²) in [5.74, 6) is 2.06. The molecule has 0 aliphatic carbocycles. The van der Waals surface area contributed by atoms with Crippen LogP contribution < -0.4 is 18.9 Å². The first-order valence-corrected chi connectivity index (χ1v) is 12.0. The molecule has 1 N–H and O–H groups in total. The van der Waals surface area contributed by atoms with Gasteiger partial charge in [0, 0.05) is 31.7 Å². The van der Waals surface area contributed by atoms with Crippen molar-refractivity contribution < 1.29 is 22.6 Å². The van der Waals surface area contributed by atoms with Crippen molar-refractivity contribution in [2.75, 3.05) is 32.2 Å². The quantitative estimate of drug-likeness (QED) is 0.614. The highest BCUT2D eigenvalue weighted by molar-refractivity contribution is 7.89. The van der Waals surface area contributed by atoms with Gasteiger partial charge in [-0.25, -0.2) is 13.1 Å². The van der Waals surface area contributed by atoms with Gasteiger partial charge in [-0.05, 0) is 37.0 Å². The standard InChI is InChI=1S/C22H28N2O5S/c25-30(26,14-4-13-27-20-7-8-21-22(15-20)29-17-28-21)23-19-9-11-24(12-10-19)16-18-5-2-1-3-6-18/h1-3,5-8,15,19,23H,4,9-14,16-17H2. The molecule has 0 aromatic heterocycles. The van der Waals surface area contributed by atoms with Gasteiger partial charge in [0.15, 0.2) is 11.5 Å². The molecule has 7 nitrogen and oxygen atoms in total. The lowest BCUT2D eigenvalue weighted by Gasteiger charge is -2.32. The molecule has 0 radical (unpaired) electrons. The van der Waals surface area contributed by atoms with Crippen LogP contribution in [0.15, 0.2) is 48.5 Å². The molecule has 2 aromatic carbocycles. The fraction of sp³-hybridized carbons (Fsp3) is 0.455. The van der Waals surface area contributed by atoms with Gasteiger partial charge in [0.1, 0.15) is 5.75 Å². The summed E-state index contributed by atoms with van der Waals surface area (Å²) in [7, 11) is -3.31. The van der Waals surface area contributed by atoms with Crippen molar-refractivity contribution in [2.24, 2.45) is 0 Å². The van der Waals surface area contributed by atoms with Gasteiger partial charge in [-0.15, -0.1) is 0 Å². The maximum atomic E-state index is 12.4. The van der Waals surface area contributed by atoms with Gasteiger partial charge in [-0.3, -0.25) is 4.90 Å². The number of benzene rings is 2. The van der Waals surface area contributed by atoms with Gasteiger partial charge in [0.05, 0.1) is 12.4 Å². The van der Waals surface area contributed by atoms with Crippen LogP contribution in [0, 0.1) is 0 Å². The third-order valence-electron chi connectivity index (χ3n) is 5.35. The smallest absolute Gasteiger partial charge is 0.231 e. The molecule has 1 saturated heterocycles. The number of likely N-dealkylation sites (tertiary alicyclic amines) is 1. The number of fused-ring (bicyclic) bond motifs is 1. The number of nitrogens with one attached hydrogen (secondary N) is 1. The molecule has 2 aliphatic heterocycles. The van der Waals surface area contributed by atoms with Gasteiger partial charge >= 0.3 is 0 Å². The molecule has 0 bridgehead atoms. The first-order valence-electron chi connectivity index (χ1n) is 10.4. The van der Waals surface area contributed by atoms with E-state index in [0.717, 1.165) is 32.5 Å². The molecule has 2 aliphatic rings. The topological polar surface area (TPSA) is 77.1 Å². The highest BCUT2D eigenvalue weighted by Gasteiger charge is 2.23. The summed E-state index contributed by atoms with van der Waals surface area (Å²) in [5.41, 5.74) is 1.29. The van der Waals surface area contributed by atoms with Crippen molar-refractivity contribution in [2.45, 2.75) is 31.8 Å². The van der Waals surface area contributed by atoms with E-state index in [4.69, 9.17) is 14.2 Å². The van der Waals surface area contributed by atoms with E-state index >= 15 is 0 Å². The largest absolute Gasteiger partial charge is 0.493 e. The Morgan fingerprint density at radius 1 is 1.03 bits per heavy atom. The molecule has 30 heavy (non-hydrogen) atoms. The lowest BCUT2D eigenvalue weighted by Crippen LogP contribution is -2.45. The molecule has 4 rings (SSSR count). The Hall–Kier alpha value is -2.29. The zero-order chi connectivity index (χ0) is 20.8. The van der Waals surface area contributed by atoms with E-state index in [1.165, 1.54) is 5.56 Å². The molecule has 2 aromatic rings. The van der Waals surface area contributed by atoms with E-state index in [-0.39, 0.29) is 18.6 Å². The minimum Gasteiger partial charge on any atom is -0.493 e. The van der Waals surface area contributed by atoms with Crippen LogP contribution in [0.1, 0.15) is 24.8 Å².